The predicted octanol–water partition coefficient (Wildman–Crippen LogP) is 4.50. The Kier molecular flexibility index (Phi) is 7.26. The van der Waals surface area contributed by atoms with Gasteiger partial charge in [-0.3, -0.25) is 5.32 Å². The Labute approximate surface area is 200 Å². The summed E-state index contributed by atoms with van der Waals surface area (Å²) in [5.41, 5.74) is 0.858. The smallest absolute Gasteiger partial charge is 0.329 e. The third-order valence-corrected chi connectivity index (χ3v) is 7.15. The van der Waals surface area contributed by atoms with Gasteiger partial charge < -0.3 is 19.5 Å². The van der Waals surface area contributed by atoms with Gasteiger partial charge in [0.05, 0.1) is 12.5 Å². The zero-order chi connectivity index (χ0) is 23.4. The summed E-state index contributed by atoms with van der Waals surface area (Å²) in [6.07, 6.45) is 8.24. The molecule has 2 N–H and O–H groups in total. The number of rotatable bonds is 5. The van der Waals surface area contributed by atoms with Crippen LogP contribution in [-0.4, -0.2) is 68.5 Å². The Balaban J connectivity index is 0.000000672. The van der Waals surface area contributed by atoms with Gasteiger partial charge in [-0.15, -0.1) is 4.37 Å². The van der Waals surface area contributed by atoms with Gasteiger partial charge in [-0.1, -0.05) is 26.7 Å². The maximum atomic E-state index is 12.6. The molecule has 182 valence electrons. The van der Waals surface area contributed by atoms with Crippen LogP contribution >= 0.6 is 11.5 Å². The minimum Gasteiger partial charge on any atom is -0.466 e. The van der Waals surface area contributed by atoms with Crippen molar-refractivity contribution in [1.29, 1.82) is 0 Å². The monoisotopic (exact) mass is 476 g/mol. The molecule has 0 aromatic carbocycles. The number of amides is 2. The minimum absolute atomic E-state index is 0. The molecule has 0 spiro atoms. The van der Waals surface area contributed by atoms with Gasteiger partial charge in [0.25, 0.3) is 0 Å². The molecule has 5 rings (SSSR count). The van der Waals surface area contributed by atoms with Crippen molar-refractivity contribution in [3.05, 3.63) is 18.6 Å². The molecule has 11 heteroatoms. The van der Waals surface area contributed by atoms with Gasteiger partial charge in [0.1, 0.15) is 17.8 Å². The van der Waals surface area contributed by atoms with Crippen LogP contribution in [0.25, 0.3) is 11.0 Å². The molecule has 0 bridgehead atoms. The average Bonchev–Trinajstić information content (AvgIpc) is 3.61. The van der Waals surface area contributed by atoms with Crippen molar-refractivity contribution in [3.63, 3.8) is 0 Å². The molecule has 2 amide bonds. The molecule has 1 aliphatic heterocycles. The third kappa shape index (κ3) is 5.02. The Morgan fingerprint density at radius 2 is 2.03 bits per heavy atom. The number of nitrogens with one attached hydrogen (secondary N) is 2. The second kappa shape index (κ2) is 10.3. The van der Waals surface area contributed by atoms with Crippen LogP contribution in [0.3, 0.4) is 0 Å². The lowest BCUT2D eigenvalue weighted by Crippen LogP contribution is -2.36. The van der Waals surface area contributed by atoms with E-state index in [9.17, 15) is 4.79 Å². The van der Waals surface area contributed by atoms with Gasteiger partial charge in [0, 0.05) is 46.8 Å². The number of fused-ring (bicyclic) bond motifs is 2. The van der Waals surface area contributed by atoms with Crippen molar-refractivity contribution in [3.8, 4) is 6.01 Å². The fourth-order valence-corrected chi connectivity index (χ4v) is 5.11. The number of hydrogen-bond acceptors (Lipinski definition) is 8. The number of urea groups is 1. The summed E-state index contributed by atoms with van der Waals surface area (Å²) < 4.78 is 8.97. The molecule has 10 nitrogen and oxygen atoms in total. The quantitative estimate of drug-likeness (QED) is 0.558. The van der Waals surface area contributed by atoms with Crippen LogP contribution in [0.15, 0.2) is 18.6 Å². The second-order valence-corrected chi connectivity index (χ2v) is 9.37. The fraction of sp³-hybridized carbons (Fsp3) is 0.591. The zero-order valence-corrected chi connectivity index (χ0v) is 20.4. The Hall–Kier alpha value is -2.95. The van der Waals surface area contributed by atoms with Crippen LogP contribution in [0.4, 0.5) is 15.7 Å². The van der Waals surface area contributed by atoms with Crippen molar-refractivity contribution in [2.24, 2.45) is 11.8 Å². The molecule has 1 saturated carbocycles. The highest BCUT2D eigenvalue weighted by Gasteiger charge is 2.44. The van der Waals surface area contributed by atoms with Crippen molar-refractivity contribution < 1.29 is 12.4 Å². The topological polar surface area (TPSA) is 112 Å². The molecular formula is C22H36N8O2S. The summed E-state index contributed by atoms with van der Waals surface area (Å²) in [5.74, 6) is 1.96. The van der Waals surface area contributed by atoms with E-state index in [0.717, 1.165) is 54.3 Å². The largest absolute Gasteiger partial charge is 0.466 e. The summed E-state index contributed by atoms with van der Waals surface area (Å²) >= 11 is 1.12. The van der Waals surface area contributed by atoms with Crippen molar-refractivity contribution in [2.45, 2.75) is 45.6 Å². The van der Waals surface area contributed by atoms with E-state index in [4.69, 9.17) is 4.74 Å². The van der Waals surface area contributed by atoms with E-state index >= 15 is 0 Å². The standard InChI is InChI=1S/C18H22N8O2S.C4H10.2H2/c1-25(15-13-3-4-19-14(13)20-9-21-15)12-5-10-7-26(8-11(10)6-12)18(27)23-17-22-16(28-2)24-29-17;1-3-4-2;;/h3-4,9-12H,5-8H2,1-2H3,(H,19,20,21)(H,22,23,24,27);3-4H2,1-2H3;2*1H/t10-,11+,12?;;;. The number of methoxy groups -OCH3 is 1. The summed E-state index contributed by atoms with van der Waals surface area (Å²) in [7, 11) is 3.61. The molecule has 1 aliphatic carbocycles. The molecule has 1 unspecified atom stereocenters. The van der Waals surface area contributed by atoms with Gasteiger partial charge in [0.15, 0.2) is 0 Å². The van der Waals surface area contributed by atoms with Crippen LogP contribution in [-0.2, 0) is 0 Å². The maximum absolute atomic E-state index is 12.6. The lowest BCUT2D eigenvalue weighted by molar-refractivity contribution is 0.218. The van der Waals surface area contributed by atoms with E-state index in [1.54, 1.807) is 6.33 Å². The van der Waals surface area contributed by atoms with Gasteiger partial charge in [-0.05, 0) is 30.7 Å². The Morgan fingerprint density at radius 3 is 2.67 bits per heavy atom. The average molecular weight is 477 g/mol. The number of nitrogens with zero attached hydrogens (tertiary/aromatic N) is 6. The normalized spacial score (nSPS) is 21.5. The van der Waals surface area contributed by atoms with E-state index in [1.807, 2.05) is 17.2 Å². The number of anilines is 2. The summed E-state index contributed by atoms with van der Waals surface area (Å²) in [6.45, 7) is 5.89. The van der Waals surface area contributed by atoms with Crippen LogP contribution in [0.5, 0.6) is 6.01 Å². The SMILES string of the molecule is CCCC.COc1nsc(NC(=O)N2C[C@H]3CC(N(C)c4ncnc5[nH]ccc45)C[C@H]3C2)n1.[HH].[HH]. The molecule has 2 aliphatic rings. The highest BCUT2D eigenvalue weighted by atomic mass is 32.1. The third-order valence-electron chi connectivity index (χ3n) is 6.53. The van der Waals surface area contributed by atoms with Crippen molar-refractivity contribution in [1.82, 2.24) is 29.2 Å². The molecule has 2 fully saturated rings. The number of likely N-dealkylation sites (tertiary alicyclic amines) is 1. The number of ether oxygens (including phenoxy) is 1. The minimum atomic E-state index is -0.118. The zero-order valence-electron chi connectivity index (χ0n) is 19.6. The molecule has 3 atom stereocenters. The number of unbranched alkanes of at least 4 members (excludes halogenated alkanes) is 1. The first-order chi connectivity index (χ1) is 16.0. The van der Waals surface area contributed by atoms with Gasteiger partial charge >= 0.3 is 12.0 Å². The fourth-order valence-electron chi connectivity index (χ4n) is 4.58. The van der Waals surface area contributed by atoms with Gasteiger partial charge in [-0.2, -0.15) is 4.98 Å². The highest BCUT2D eigenvalue weighted by molar-refractivity contribution is 7.10. The summed E-state index contributed by atoms with van der Waals surface area (Å²) in [4.78, 5) is 32.8. The second-order valence-electron chi connectivity index (χ2n) is 8.61. The summed E-state index contributed by atoms with van der Waals surface area (Å²) in [5, 5.41) is 4.33. The number of aromatic nitrogens is 5. The lowest BCUT2D eigenvalue weighted by atomic mass is 10.0. The molecule has 1 saturated heterocycles. The van der Waals surface area contributed by atoms with Crippen molar-refractivity contribution in [2.75, 3.05) is 37.5 Å². The Bertz CT molecular complexity index is 1060. The van der Waals surface area contributed by atoms with Gasteiger partial charge in [0.2, 0.25) is 5.13 Å². The van der Waals surface area contributed by atoms with Crippen LogP contribution in [0.1, 0.15) is 42.4 Å². The van der Waals surface area contributed by atoms with Crippen LogP contribution in [0.2, 0.25) is 0 Å². The molecule has 33 heavy (non-hydrogen) atoms. The molecule has 0 radical (unpaired) electrons. The van der Waals surface area contributed by atoms with Crippen LogP contribution < -0.4 is 15.0 Å². The molecule has 3 aromatic rings. The first-order valence-electron chi connectivity index (χ1n) is 11.5. The van der Waals surface area contributed by atoms with E-state index in [2.05, 4.69) is 55.4 Å². The van der Waals surface area contributed by atoms with E-state index in [1.165, 1.54) is 20.0 Å². The predicted molar refractivity (Wildman–Crippen MR) is 134 cm³/mol. The van der Waals surface area contributed by atoms with E-state index < -0.39 is 0 Å². The van der Waals surface area contributed by atoms with E-state index in [0.29, 0.717) is 23.0 Å². The first kappa shape index (κ1) is 23.2. The molecule has 4 heterocycles. The molecule has 3 aromatic heterocycles. The Morgan fingerprint density at radius 1 is 1.30 bits per heavy atom. The van der Waals surface area contributed by atoms with E-state index in [-0.39, 0.29) is 14.9 Å². The number of hydrogen-bond donors (Lipinski definition) is 2. The van der Waals surface area contributed by atoms with Gasteiger partial charge in [-0.25, -0.2) is 14.8 Å². The number of H-pyrrole nitrogens is 1. The summed E-state index contributed by atoms with van der Waals surface area (Å²) in [6, 6.07) is 2.59. The maximum Gasteiger partial charge on any atom is 0.329 e. The van der Waals surface area contributed by atoms with Crippen molar-refractivity contribution >= 4 is 39.5 Å². The number of carbonyl (C=O) groups is 1. The number of carbonyl (C=O) groups excluding carboxylic acids is 1. The first-order valence-corrected chi connectivity index (χ1v) is 12.3. The van der Waals surface area contributed by atoms with Crippen LogP contribution in [0, 0.1) is 11.8 Å². The molecular weight excluding hydrogens is 440 g/mol. The highest BCUT2D eigenvalue weighted by Crippen LogP contribution is 2.41. The number of aromatic amines is 1. The lowest BCUT2D eigenvalue weighted by Gasteiger charge is -2.27.